The maximum Gasteiger partial charge on any atom is 0.211 e. The Kier molecular flexibility index (Phi) is 2.96. The van der Waals surface area contributed by atoms with E-state index in [1.165, 1.54) is 11.3 Å². The number of nitrogens with zero attached hydrogens (tertiary/aromatic N) is 1. The zero-order chi connectivity index (χ0) is 17.2. The van der Waals surface area contributed by atoms with Gasteiger partial charge in [0.2, 0.25) is 6.54 Å². The lowest BCUT2D eigenvalue weighted by Crippen LogP contribution is -2.52. The summed E-state index contributed by atoms with van der Waals surface area (Å²) in [5.74, 6) is -0.345. The Morgan fingerprint density at radius 2 is 2.20 bits per heavy atom. The molecule has 1 aromatic heterocycles. The normalized spacial score (nSPS) is 34.4. The fourth-order valence-corrected chi connectivity index (χ4v) is 5.54. The lowest BCUT2D eigenvalue weighted by atomic mass is 9.64. The molecule has 25 heavy (non-hydrogen) atoms. The van der Waals surface area contributed by atoms with Crippen molar-refractivity contribution in [2.45, 2.75) is 29.8 Å². The molecule has 0 saturated carbocycles. The van der Waals surface area contributed by atoms with E-state index in [4.69, 9.17) is 4.74 Å². The van der Waals surface area contributed by atoms with E-state index in [0.717, 1.165) is 21.7 Å². The minimum Gasteiger partial charge on any atom is -0.381 e. The molecule has 7 heteroatoms. The van der Waals surface area contributed by atoms with Gasteiger partial charge in [-0.15, -0.1) is 11.3 Å². The summed E-state index contributed by atoms with van der Waals surface area (Å²) < 4.78 is 6.30. The quantitative estimate of drug-likeness (QED) is 0.491. The zero-order valence-electron chi connectivity index (χ0n) is 13.2. The number of ether oxygens (including phenoxy) is 1. The Morgan fingerprint density at radius 3 is 3.04 bits per heavy atom. The van der Waals surface area contributed by atoms with Gasteiger partial charge in [0, 0.05) is 26.6 Å². The molecule has 3 heterocycles. The van der Waals surface area contributed by atoms with Crippen LogP contribution in [0.5, 0.6) is 0 Å². The highest BCUT2D eigenvalue weighted by molar-refractivity contribution is 7.10. The molecule has 128 valence electrons. The first kappa shape index (κ1) is 15.1. The molecule has 0 fully saturated rings. The molecule has 4 atom stereocenters. The number of benzene rings is 1. The second-order valence-electron chi connectivity index (χ2n) is 6.80. The molecule has 1 aromatic carbocycles. The molecule has 0 unspecified atom stereocenters. The second kappa shape index (κ2) is 4.91. The molecule has 0 amide bonds. The van der Waals surface area contributed by atoms with Crippen LogP contribution in [-0.2, 0) is 15.9 Å². The minimum absolute atomic E-state index is 0.200. The van der Waals surface area contributed by atoms with E-state index in [9.17, 15) is 15.2 Å². The molecule has 2 N–H and O–H groups in total. The summed E-state index contributed by atoms with van der Waals surface area (Å²) in [5, 5.41) is 28.4. The van der Waals surface area contributed by atoms with Crippen LogP contribution < -0.4 is 5.32 Å². The van der Waals surface area contributed by atoms with Crippen LogP contribution in [0.4, 0.5) is 5.69 Å². The van der Waals surface area contributed by atoms with Crippen LogP contribution in [0.1, 0.15) is 28.3 Å². The minimum atomic E-state index is -1.37. The molecule has 0 saturated heterocycles. The summed E-state index contributed by atoms with van der Waals surface area (Å²) in [6.07, 6.45) is 3.73. The summed E-state index contributed by atoms with van der Waals surface area (Å²) in [7, 11) is 0. The lowest BCUT2D eigenvalue weighted by Gasteiger charge is -2.48. The van der Waals surface area contributed by atoms with Crippen molar-refractivity contribution in [3.63, 3.8) is 0 Å². The highest BCUT2D eigenvalue weighted by Gasteiger charge is 2.62. The van der Waals surface area contributed by atoms with Crippen LogP contribution >= 0.6 is 11.3 Å². The van der Waals surface area contributed by atoms with Gasteiger partial charge in [0.15, 0.2) is 0 Å². The van der Waals surface area contributed by atoms with E-state index >= 15 is 0 Å². The Hall–Kier alpha value is -2.22. The summed E-state index contributed by atoms with van der Waals surface area (Å²) in [5.41, 5.74) is -0.00515. The number of hydrogen-bond donors (Lipinski definition) is 2. The fraction of sp³-hybridized carbons (Fsp3) is 0.333. The van der Waals surface area contributed by atoms with Crippen molar-refractivity contribution in [1.29, 1.82) is 0 Å². The van der Waals surface area contributed by atoms with Crippen LogP contribution in [0.25, 0.3) is 0 Å². The smallest absolute Gasteiger partial charge is 0.211 e. The van der Waals surface area contributed by atoms with Crippen LogP contribution in [0, 0.1) is 10.1 Å². The van der Waals surface area contributed by atoms with E-state index in [-0.39, 0.29) is 30.0 Å². The van der Waals surface area contributed by atoms with Crippen LogP contribution in [0.15, 0.2) is 47.9 Å². The first-order chi connectivity index (χ1) is 12.0. The summed E-state index contributed by atoms with van der Waals surface area (Å²) in [6.45, 7) is -0.200. The molecule has 2 bridgehead atoms. The molecule has 2 aliphatic heterocycles. The number of para-hydroxylation sites is 1. The number of aliphatic hydroxyl groups is 1. The van der Waals surface area contributed by atoms with Gasteiger partial charge in [0.1, 0.15) is 17.4 Å². The number of thiophene rings is 1. The van der Waals surface area contributed by atoms with E-state index < -0.39 is 11.2 Å². The molecule has 2 aromatic rings. The molecular weight excluding hydrogens is 340 g/mol. The summed E-state index contributed by atoms with van der Waals surface area (Å²) >= 11 is 1.50. The average molecular weight is 356 g/mol. The molecule has 1 spiro atoms. The maximum absolute atomic E-state index is 11.9. The Labute approximate surface area is 147 Å². The highest BCUT2D eigenvalue weighted by atomic mass is 32.1. The average Bonchev–Trinajstić information content (AvgIpc) is 3.19. The van der Waals surface area contributed by atoms with Crippen molar-refractivity contribution in [3.8, 4) is 0 Å². The Balaban J connectivity index is 1.78. The molecule has 6 nitrogen and oxygen atoms in total. The number of nitro groups is 1. The van der Waals surface area contributed by atoms with Crippen molar-refractivity contribution in [1.82, 2.24) is 0 Å². The topological polar surface area (TPSA) is 84.6 Å². The van der Waals surface area contributed by atoms with Gasteiger partial charge in [-0.1, -0.05) is 18.2 Å². The SMILES string of the molecule is O=[N+]([O-])C[C@@H]1C[C@]2(O)c3ccccc3N[C@H]3C=C[C@@]2(O3)c2ccsc21. The predicted molar refractivity (Wildman–Crippen MR) is 93.2 cm³/mol. The third kappa shape index (κ3) is 1.85. The predicted octanol–water partition coefficient (Wildman–Crippen LogP) is 2.93. The van der Waals surface area contributed by atoms with E-state index in [1.807, 2.05) is 47.9 Å². The Morgan fingerprint density at radius 1 is 1.36 bits per heavy atom. The number of nitrogens with one attached hydrogen (secondary N) is 1. The summed E-state index contributed by atoms with van der Waals surface area (Å²) in [6, 6.07) is 9.49. The van der Waals surface area contributed by atoms with E-state index in [0.29, 0.717) is 0 Å². The second-order valence-corrected chi connectivity index (χ2v) is 7.75. The van der Waals surface area contributed by atoms with Gasteiger partial charge in [-0.2, -0.15) is 0 Å². The third-order valence-electron chi connectivity index (χ3n) is 5.48. The van der Waals surface area contributed by atoms with Crippen molar-refractivity contribution in [2.75, 3.05) is 11.9 Å². The Bertz CT molecular complexity index is 910. The number of fused-ring (bicyclic) bond motifs is 4. The van der Waals surface area contributed by atoms with Crippen LogP contribution in [-0.4, -0.2) is 22.8 Å². The monoisotopic (exact) mass is 356 g/mol. The molecular formula is C18H16N2O4S. The van der Waals surface area contributed by atoms with Crippen LogP contribution in [0.3, 0.4) is 0 Å². The third-order valence-corrected chi connectivity index (χ3v) is 6.56. The van der Waals surface area contributed by atoms with Gasteiger partial charge < -0.3 is 15.2 Å². The molecule has 5 rings (SSSR count). The van der Waals surface area contributed by atoms with Gasteiger partial charge in [-0.25, -0.2) is 0 Å². The van der Waals surface area contributed by atoms with Crippen molar-refractivity contribution in [3.05, 3.63) is 74.0 Å². The van der Waals surface area contributed by atoms with Gasteiger partial charge in [-0.05, 0) is 36.1 Å². The first-order valence-corrected chi connectivity index (χ1v) is 9.07. The van der Waals surface area contributed by atoms with Gasteiger partial charge in [0.25, 0.3) is 0 Å². The number of hydrogen-bond acceptors (Lipinski definition) is 6. The lowest BCUT2D eigenvalue weighted by molar-refractivity contribution is -0.484. The highest BCUT2D eigenvalue weighted by Crippen LogP contribution is 2.61. The van der Waals surface area contributed by atoms with E-state index in [2.05, 4.69) is 5.32 Å². The maximum atomic E-state index is 11.9. The largest absolute Gasteiger partial charge is 0.381 e. The van der Waals surface area contributed by atoms with Gasteiger partial charge >= 0.3 is 0 Å². The zero-order valence-corrected chi connectivity index (χ0v) is 14.0. The summed E-state index contributed by atoms with van der Waals surface area (Å²) in [4.78, 5) is 11.8. The number of rotatable bonds is 2. The molecule has 1 aliphatic carbocycles. The van der Waals surface area contributed by atoms with Crippen molar-refractivity contribution >= 4 is 17.0 Å². The van der Waals surface area contributed by atoms with Crippen molar-refractivity contribution in [2.24, 2.45) is 0 Å². The fourth-order valence-electron chi connectivity index (χ4n) is 4.50. The van der Waals surface area contributed by atoms with Crippen molar-refractivity contribution < 1.29 is 14.8 Å². The van der Waals surface area contributed by atoms with Gasteiger partial charge in [0.05, 0.1) is 5.92 Å². The van der Waals surface area contributed by atoms with Gasteiger partial charge in [-0.3, -0.25) is 10.1 Å². The molecule has 3 aliphatic rings. The standard InChI is InChI=1S/C18H16N2O4S/c21-17-9-11(10-20(22)23)16-13(6-8-25-16)18(17)7-5-15(24-18)19-14-4-2-1-3-12(14)17/h1-8,11,15,19,21H,9-10H2/t11-,15+,17-,18+/m0/s1. The van der Waals surface area contributed by atoms with Crippen LogP contribution in [0.2, 0.25) is 0 Å². The molecule has 0 radical (unpaired) electrons. The number of anilines is 1. The first-order valence-electron chi connectivity index (χ1n) is 8.19. The van der Waals surface area contributed by atoms with E-state index in [1.54, 1.807) is 0 Å².